The van der Waals surface area contributed by atoms with Crippen molar-refractivity contribution in [1.82, 2.24) is 0 Å². The van der Waals surface area contributed by atoms with Crippen molar-refractivity contribution in [2.75, 3.05) is 5.32 Å². The molecule has 0 fully saturated rings. The predicted molar refractivity (Wildman–Crippen MR) is 63.3 cm³/mol. The molecule has 0 atom stereocenters. The first kappa shape index (κ1) is 10.8. The number of hydrogen-bond acceptors (Lipinski definition) is 1. The standard InChI is InChI=1S/C13H19N/c1-4-12(5-2)11(3)14-13-9-7-6-8-10-13/h6-10,12,14H,3-5H2,1-2H3. The van der Waals surface area contributed by atoms with Crippen LogP contribution in [-0.4, -0.2) is 0 Å². The molecule has 0 unspecified atom stereocenters. The quantitative estimate of drug-likeness (QED) is 0.737. The minimum atomic E-state index is 0.579. The number of benzene rings is 1. The summed E-state index contributed by atoms with van der Waals surface area (Å²) in [5.74, 6) is 0.579. The molecule has 1 nitrogen and oxygen atoms in total. The van der Waals surface area contributed by atoms with Crippen LogP contribution in [0, 0.1) is 5.92 Å². The Morgan fingerprint density at radius 1 is 1.21 bits per heavy atom. The molecule has 0 amide bonds. The highest BCUT2D eigenvalue weighted by molar-refractivity contribution is 5.47. The molecule has 76 valence electrons. The molecule has 0 saturated carbocycles. The van der Waals surface area contributed by atoms with Crippen molar-refractivity contribution in [3.63, 3.8) is 0 Å². The Balaban J connectivity index is 2.57. The molecule has 14 heavy (non-hydrogen) atoms. The van der Waals surface area contributed by atoms with Crippen molar-refractivity contribution >= 4 is 5.69 Å². The Bertz CT molecular complexity index is 273. The molecule has 0 bridgehead atoms. The van der Waals surface area contributed by atoms with E-state index >= 15 is 0 Å². The molecular formula is C13H19N. The van der Waals surface area contributed by atoms with Crippen molar-refractivity contribution in [3.05, 3.63) is 42.6 Å². The van der Waals surface area contributed by atoms with E-state index in [1.54, 1.807) is 0 Å². The molecule has 1 aromatic carbocycles. The van der Waals surface area contributed by atoms with Gasteiger partial charge >= 0.3 is 0 Å². The fraction of sp³-hybridized carbons (Fsp3) is 0.385. The molecule has 0 aliphatic heterocycles. The monoisotopic (exact) mass is 189 g/mol. The number of para-hydroxylation sites is 1. The lowest BCUT2D eigenvalue weighted by molar-refractivity contribution is 0.577. The number of nitrogens with one attached hydrogen (secondary N) is 1. The summed E-state index contributed by atoms with van der Waals surface area (Å²) in [5, 5.41) is 3.35. The molecule has 0 aliphatic carbocycles. The summed E-state index contributed by atoms with van der Waals surface area (Å²) in [7, 11) is 0. The van der Waals surface area contributed by atoms with E-state index in [1.165, 1.54) is 0 Å². The summed E-state index contributed by atoms with van der Waals surface area (Å²) in [5.41, 5.74) is 2.26. The Hall–Kier alpha value is -1.24. The second-order valence-corrected chi connectivity index (χ2v) is 3.53. The molecule has 1 rings (SSSR count). The van der Waals surface area contributed by atoms with Crippen LogP contribution >= 0.6 is 0 Å². The van der Waals surface area contributed by atoms with E-state index < -0.39 is 0 Å². The number of allylic oxidation sites excluding steroid dienone is 1. The van der Waals surface area contributed by atoms with Crippen molar-refractivity contribution in [2.24, 2.45) is 5.92 Å². The average molecular weight is 189 g/mol. The van der Waals surface area contributed by atoms with E-state index in [0.29, 0.717) is 5.92 Å². The van der Waals surface area contributed by atoms with Gasteiger partial charge in [0.1, 0.15) is 0 Å². The van der Waals surface area contributed by atoms with Crippen LogP contribution in [0.25, 0.3) is 0 Å². The number of anilines is 1. The van der Waals surface area contributed by atoms with E-state index in [0.717, 1.165) is 24.2 Å². The lowest BCUT2D eigenvalue weighted by Gasteiger charge is -2.17. The van der Waals surface area contributed by atoms with Crippen LogP contribution in [0.1, 0.15) is 26.7 Å². The third-order valence-corrected chi connectivity index (χ3v) is 2.56. The summed E-state index contributed by atoms with van der Waals surface area (Å²) < 4.78 is 0. The SMILES string of the molecule is C=C(Nc1ccccc1)C(CC)CC. The topological polar surface area (TPSA) is 12.0 Å². The van der Waals surface area contributed by atoms with Crippen molar-refractivity contribution in [1.29, 1.82) is 0 Å². The van der Waals surface area contributed by atoms with Crippen LogP contribution in [0.4, 0.5) is 5.69 Å². The molecule has 0 aliphatic rings. The summed E-state index contributed by atoms with van der Waals surface area (Å²) in [6.45, 7) is 8.48. The van der Waals surface area contributed by atoms with Gasteiger partial charge in [0.05, 0.1) is 0 Å². The van der Waals surface area contributed by atoms with Gasteiger partial charge in [0, 0.05) is 11.4 Å². The summed E-state index contributed by atoms with van der Waals surface area (Å²) >= 11 is 0. The third-order valence-electron chi connectivity index (χ3n) is 2.56. The second kappa shape index (κ2) is 5.48. The first-order valence-electron chi connectivity index (χ1n) is 5.28. The van der Waals surface area contributed by atoms with Crippen LogP contribution in [0.5, 0.6) is 0 Å². The molecule has 1 heteroatoms. The van der Waals surface area contributed by atoms with Gasteiger partial charge in [0.2, 0.25) is 0 Å². The first-order chi connectivity index (χ1) is 6.77. The van der Waals surface area contributed by atoms with Crippen LogP contribution in [-0.2, 0) is 0 Å². The van der Waals surface area contributed by atoms with E-state index in [2.05, 4.69) is 37.9 Å². The van der Waals surface area contributed by atoms with Gasteiger partial charge in [-0.25, -0.2) is 0 Å². The van der Waals surface area contributed by atoms with Crippen molar-refractivity contribution < 1.29 is 0 Å². The minimum Gasteiger partial charge on any atom is -0.359 e. The smallest absolute Gasteiger partial charge is 0.0381 e. The lowest BCUT2D eigenvalue weighted by Crippen LogP contribution is -2.09. The molecule has 0 spiro atoms. The van der Waals surface area contributed by atoms with Gasteiger partial charge in [0.15, 0.2) is 0 Å². The van der Waals surface area contributed by atoms with Crippen LogP contribution in [0.2, 0.25) is 0 Å². The number of hydrogen-bond donors (Lipinski definition) is 1. The predicted octanol–water partition coefficient (Wildman–Crippen LogP) is 4.05. The van der Waals surface area contributed by atoms with E-state index in [9.17, 15) is 0 Å². The molecule has 1 N–H and O–H groups in total. The molecule has 0 aromatic heterocycles. The molecule has 0 radical (unpaired) electrons. The third kappa shape index (κ3) is 2.91. The summed E-state index contributed by atoms with van der Waals surface area (Å²) in [6, 6.07) is 10.2. The van der Waals surface area contributed by atoms with Gasteiger partial charge in [-0.2, -0.15) is 0 Å². The van der Waals surface area contributed by atoms with E-state index in [-0.39, 0.29) is 0 Å². The molecule has 1 aromatic rings. The van der Waals surface area contributed by atoms with Gasteiger partial charge in [-0.1, -0.05) is 38.6 Å². The van der Waals surface area contributed by atoms with Gasteiger partial charge < -0.3 is 5.32 Å². The zero-order valence-corrected chi connectivity index (χ0v) is 9.09. The lowest BCUT2D eigenvalue weighted by atomic mass is 10.00. The van der Waals surface area contributed by atoms with Crippen LogP contribution in [0.3, 0.4) is 0 Å². The van der Waals surface area contributed by atoms with Crippen molar-refractivity contribution in [2.45, 2.75) is 26.7 Å². The van der Waals surface area contributed by atoms with E-state index in [4.69, 9.17) is 0 Å². The zero-order chi connectivity index (χ0) is 10.4. The largest absolute Gasteiger partial charge is 0.359 e. The maximum absolute atomic E-state index is 4.08. The summed E-state index contributed by atoms with van der Waals surface area (Å²) in [4.78, 5) is 0. The minimum absolute atomic E-state index is 0.579. The van der Waals surface area contributed by atoms with Crippen molar-refractivity contribution in [3.8, 4) is 0 Å². The molecular weight excluding hydrogens is 170 g/mol. The fourth-order valence-corrected chi connectivity index (χ4v) is 1.59. The van der Waals surface area contributed by atoms with Gasteiger partial charge in [0.25, 0.3) is 0 Å². The highest BCUT2D eigenvalue weighted by Gasteiger charge is 2.07. The second-order valence-electron chi connectivity index (χ2n) is 3.53. The zero-order valence-electron chi connectivity index (χ0n) is 9.09. The highest BCUT2D eigenvalue weighted by Crippen LogP contribution is 2.19. The highest BCUT2D eigenvalue weighted by atomic mass is 14.9. The maximum Gasteiger partial charge on any atom is 0.0381 e. The van der Waals surface area contributed by atoms with Gasteiger partial charge in [-0.3, -0.25) is 0 Å². The summed E-state index contributed by atoms with van der Waals surface area (Å²) in [6.07, 6.45) is 2.30. The average Bonchev–Trinajstić information content (AvgIpc) is 2.21. The first-order valence-corrected chi connectivity index (χ1v) is 5.28. The Kier molecular flexibility index (Phi) is 4.24. The number of rotatable bonds is 5. The Labute approximate surface area is 86.8 Å². The molecule has 0 heterocycles. The maximum atomic E-state index is 4.08. The Morgan fingerprint density at radius 2 is 1.79 bits per heavy atom. The van der Waals surface area contributed by atoms with Gasteiger partial charge in [-0.05, 0) is 30.9 Å². The van der Waals surface area contributed by atoms with Gasteiger partial charge in [-0.15, -0.1) is 0 Å². The normalized spacial score (nSPS) is 10.2. The molecule has 0 saturated heterocycles. The van der Waals surface area contributed by atoms with Crippen LogP contribution < -0.4 is 5.32 Å². The van der Waals surface area contributed by atoms with Crippen LogP contribution in [0.15, 0.2) is 42.6 Å². The fourth-order valence-electron chi connectivity index (χ4n) is 1.59. The Morgan fingerprint density at radius 3 is 2.29 bits per heavy atom. The van der Waals surface area contributed by atoms with E-state index in [1.807, 2.05) is 18.2 Å².